The number of benzene rings is 3. The number of hydrazone groups is 1. The van der Waals surface area contributed by atoms with Gasteiger partial charge < -0.3 is 5.32 Å². The van der Waals surface area contributed by atoms with Crippen LogP contribution in [0.1, 0.15) is 31.8 Å². The van der Waals surface area contributed by atoms with E-state index in [0.717, 1.165) is 11.1 Å². The standard InChI is InChI=1S/C22H19N3O2/c1-16-11-13-17(14-12-16)15-23-25-22(27)19-9-5-6-10-20(19)24-21(26)18-7-3-2-4-8-18/h2-15H,1H3,(H,24,26)(H,25,27)/b23-15-. The number of anilines is 1. The van der Waals surface area contributed by atoms with Crippen LogP contribution in [-0.4, -0.2) is 18.0 Å². The summed E-state index contributed by atoms with van der Waals surface area (Å²) in [4.78, 5) is 24.8. The number of hydrogen-bond acceptors (Lipinski definition) is 3. The van der Waals surface area contributed by atoms with Crippen molar-refractivity contribution >= 4 is 23.7 Å². The summed E-state index contributed by atoms with van der Waals surface area (Å²) < 4.78 is 0. The molecular weight excluding hydrogens is 338 g/mol. The zero-order chi connectivity index (χ0) is 19.1. The van der Waals surface area contributed by atoms with E-state index in [2.05, 4.69) is 15.8 Å². The Morgan fingerprint density at radius 2 is 1.48 bits per heavy atom. The van der Waals surface area contributed by atoms with E-state index in [1.807, 2.05) is 37.3 Å². The van der Waals surface area contributed by atoms with Crippen molar-refractivity contribution in [3.05, 3.63) is 101 Å². The summed E-state index contributed by atoms with van der Waals surface area (Å²) in [6.07, 6.45) is 1.57. The summed E-state index contributed by atoms with van der Waals surface area (Å²) in [7, 11) is 0. The number of carbonyl (C=O) groups is 2. The Morgan fingerprint density at radius 3 is 2.22 bits per heavy atom. The van der Waals surface area contributed by atoms with Gasteiger partial charge in [0.05, 0.1) is 17.5 Å². The molecule has 27 heavy (non-hydrogen) atoms. The zero-order valence-corrected chi connectivity index (χ0v) is 14.8. The lowest BCUT2D eigenvalue weighted by Crippen LogP contribution is -2.21. The number of aryl methyl sites for hydroxylation is 1. The van der Waals surface area contributed by atoms with E-state index in [-0.39, 0.29) is 5.91 Å². The second-order valence-corrected chi connectivity index (χ2v) is 5.98. The highest BCUT2D eigenvalue weighted by Gasteiger charge is 2.13. The molecule has 2 N–H and O–H groups in total. The molecule has 0 aliphatic heterocycles. The minimum atomic E-state index is -0.401. The van der Waals surface area contributed by atoms with Crippen LogP contribution < -0.4 is 10.7 Å². The van der Waals surface area contributed by atoms with Gasteiger partial charge in [-0.15, -0.1) is 0 Å². The highest BCUT2D eigenvalue weighted by molar-refractivity contribution is 6.09. The van der Waals surface area contributed by atoms with Gasteiger partial charge in [0, 0.05) is 5.56 Å². The molecule has 0 spiro atoms. The van der Waals surface area contributed by atoms with Crippen LogP contribution in [0.25, 0.3) is 0 Å². The van der Waals surface area contributed by atoms with Crippen LogP contribution in [0.3, 0.4) is 0 Å². The lowest BCUT2D eigenvalue weighted by atomic mass is 10.1. The summed E-state index contributed by atoms with van der Waals surface area (Å²) in [5.41, 5.74) is 5.81. The molecular formula is C22H19N3O2. The van der Waals surface area contributed by atoms with Gasteiger partial charge in [-0.1, -0.05) is 60.2 Å². The van der Waals surface area contributed by atoms with Crippen molar-refractivity contribution in [3.63, 3.8) is 0 Å². The number of carbonyl (C=O) groups excluding carboxylic acids is 2. The number of rotatable bonds is 5. The van der Waals surface area contributed by atoms with E-state index in [1.54, 1.807) is 54.7 Å². The van der Waals surface area contributed by atoms with Crippen LogP contribution in [0.15, 0.2) is 84.0 Å². The normalized spacial score (nSPS) is 10.6. The molecule has 5 heteroatoms. The van der Waals surface area contributed by atoms with Crippen LogP contribution in [0.5, 0.6) is 0 Å². The van der Waals surface area contributed by atoms with E-state index >= 15 is 0 Å². The lowest BCUT2D eigenvalue weighted by Gasteiger charge is -2.10. The van der Waals surface area contributed by atoms with Crippen molar-refractivity contribution in [3.8, 4) is 0 Å². The van der Waals surface area contributed by atoms with Crippen molar-refractivity contribution in [2.24, 2.45) is 5.10 Å². The number of nitrogens with zero attached hydrogens (tertiary/aromatic N) is 1. The van der Waals surface area contributed by atoms with Gasteiger partial charge in [0.2, 0.25) is 0 Å². The maximum atomic E-state index is 12.5. The van der Waals surface area contributed by atoms with Crippen LogP contribution >= 0.6 is 0 Å². The maximum Gasteiger partial charge on any atom is 0.273 e. The zero-order valence-electron chi connectivity index (χ0n) is 14.8. The maximum absolute atomic E-state index is 12.5. The fourth-order valence-corrected chi connectivity index (χ4v) is 2.45. The predicted octanol–water partition coefficient (Wildman–Crippen LogP) is 4.01. The molecule has 0 heterocycles. The highest BCUT2D eigenvalue weighted by Crippen LogP contribution is 2.16. The molecule has 0 aromatic heterocycles. The van der Waals surface area contributed by atoms with E-state index in [9.17, 15) is 9.59 Å². The predicted molar refractivity (Wildman–Crippen MR) is 107 cm³/mol. The van der Waals surface area contributed by atoms with E-state index in [4.69, 9.17) is 0 Å². The monoisotopic (exact) mass is 357 g/mol. The molecule has 134 valence electrons. The first kappa shape index (κ1) is 18.1. The molecule has 0 radical (unpaired) electrons. The van der Waals surface area contributed by atoms with Crippen molar-refractivity contribution in [1.82, 2.24) is 5.43 Å². The summed E-state index contributed by atoms with van der Waals surface area (Å²) >= 11 is 0. The molecule has 3 rings (SSSR count). The molecule has 2 amide bonds. The molecule has 0 saturated carbocycles. The Kier molecular flexibility index (Phi) is 5.74. The Bertz CT molecular complexity index is 964. The third-order valence-corrected chi connectivity index (χ3v) is 3.91. The van der Waals surface area contributed by atoms with Gasteiger partial charge in [-0.25, -0.2) is 5.43 Å². The number of amides is 2. The Hall–Kier alpha value is -3.73. The van der Waals surface area contributed by atoms with Crippen LogP contribution in [0, 0.1) is 6.92 Å². The second kappa shape index (κ2) is 8.58. The quantitative estimate of drug-likeness (QED) is 0.535. The second-order valence-electron chi connectivity index (χ2n) is 5.98. The molecule has 0 aliphatic rings. The molecule has 0 unspecified atom stereocenters. The Labute approximate surface area is 157 Å². The summed E-state index contributed by atoms with van der Waals surface area (Å²) in [5, 5.41) is 6.76. The van der Waals surface area contributed by atoms with Gasteiger partial charge in [0.25, 0.3) is 11.8 Å². The van der Waals surface area contributed by atoms with Gasteiger partial charge in [-0.3, -0.25) is 9.59 Å². The van der Waals surface area contributed by atoms with Crippen molar-refractivity contribution in [2.75, 3.05) is 5.32 Å². The van der Waals surface area contributed by atoms with E-state index < -0.39 is 5.91 Å². The number of nitrogens with one attached hydrogen (secondary N) is 2. The smallest absolute Gasteiger partial charge is 0.273 e. The number of para-hydroxylation sites is 1. The van der Waals surface area contributed by atoms with Gasteiger partial charge in [-0.05, 0) is 36.8 Å². The first-order valence-electron chi connectivity index (χ1n) is 8.49. The first-order valence-corrected chi connectivity index (χ1v) is 8.49. The minimum absolute atomic E-state index is 0.279. The van der Waals surface area contributed by atoms with Gasteiger partial charge in [-0.2, -0.15) is 5.10 Å². The third-order valence-electron chi connectivity index (χ3n) is 3.91. The lowest BCUT2D eigenvalue weighted by molar-refractivity contribution is 0.0956. The fraction of sp³-hybridized carbons (Fsp3) is 0.0455. The van der Waals surface area contributed by atoms with Crippen LogP contribution in [-0.2, 0) is 0 Å². The van der Waals surface area contributed by atoms with Crippen molar-refractivity contribution in [2.45, 2.75) is 6.92 Å². The van der Waals surface area contributed by atoms with Gasteiger partial charge in [0.15, 0.2) is 0 Å². The topological polar surface area (TPSA) is 70.6 Å². The van der Waals surface area contributed by atoms with Gasteiger partial charge >= 0.3 is 0 Å². The van der Waals surface area contributed by atoms with Crippen molar-refractivity contribution < 1.29 is 9.59 Å². The van der Waals surface area contributed by atoms with Crippen molar-refractivity contribution in [1.29, 1.82) is 0 Å². The molecule has 3 aromatic rings. The van der Waals surface area contributed by atoms with Crippen LogP contribution in [0.2, 0.25) is 0 Å². The van der Waals surface area contributed by atoms with Crippen LogP contribution in [0.4, 0.5) is 5.69 Å². The Balaban J connectivity index is 1.70. The Morgan fingerprint density at radius 1 is 0.815 bits per heavy atom. The molecule has 5 nitrogen and oxygen atoms in total. The SMILES string of the molecule is Cc1ccc(/C=N\NC(=O)c2ccccc2NC(=O)c2ccccc2)cc1. The van der Waals surface area contributed by atoms with Gasteiger partial charge in [0.1, 0.15) is 0 Å². The molecule has 0 bridgehead atoms. The average molecular weight is 357 g/mol. The first-order chi connectivity index (χ1) is 13.1. The largest absolute Gasteiger partial charge is 0.321 e. The third kappa shape index (κ3) is 4.89. The fourth-order valence-electron chi connectivity index (χ4n) is 2.45. The molecule has 0 saturated heterocycles. The minimum Gasteiger partial charge on any atom is -0.321 e. The molecule has 0 aliphatic carbocycles. The highest BCUT2D eigenvalue weighted by atomic mass is 16.2. The van der Waals surface area contributed by atoms with E-state index in [1.165, 1.54) is 0 Å². The summed E-state index contributed by atoms with van der Waals surface area (Å²) in [5.74, 6) is -0.679. The molecule has 3 aromatic carbocycles. The average Bonchev–Trinajstić information content (AvgIpc) is 2.70. The summed E-state index contributed by atoms with van der Waals surface area (Å²) in [6, 6.07) is 23.4. The van der Waals surface area contributed by atoms with E-state index in [0.29, 0.717) is 16.8 Å². The molecule has 0 atom stereocenters. The molecule has 0 fully saturated rings. The summed E-state index contributed by atoms with van der Waals surface area (Å²) in [6.45, 7) is 2.00. The number of hydrogen-bond donors (Lipinski definition) is 2.